The normalized spacial score (nSPS) is 10.6. The smallest absolute Gasteiger partial charge is 0.223 e. The van der Waals surface area contributed by atoms with Crippen LogP contribution in [0.2, 0.25) is 0 Å². The topological polar surface area (TPSA) is 75.7 Å². The van der Waals surface area contributed by atoms with Crippen molar-refractivity contribution in [3.05, 3.63) is 34.9 Å². The Hall–Kier alpha value is -1.95. The number of aromatic amines is 1. The number of aromatic nitrogens is 4. The number of hydrogen-bond acceptors (Lipinski definition) is 5. The Kier molecular flexibility index (Phi) is 3.88. The van der Waals surface area contributed by atoms with Crippen molar-refractivity contribution < 1.29 is 4.74 Å². The highest BCUT2D eigenvalue weighted by molar-refractivity contribution is 5.28. The first-order valence-electron chi connectivity index (χ1n) is 5.75. The van der Waals surface area contributed by atoms with Gasteiger partial charge in [0.25, 0.3) is 0 Å². The van der Waals surface area contributed by atoms with E-state index in [0.29, 0.717) is 19.1 Å². The molecule has 6 heteroatoms. The zero-order valence-electron chi connectivity index (χ0n) is 10.8. The van der Waals surface area contributed by atoms with Crippen molar-refractivity contribution in [2.75, 3.05) is 12.4 Å². The Morgan fingerprint density at radius 1 is 1.22 bits per heavy atom. The van der Waals surface area contributed by atoms with Crippen LogP contribution in [0.15, 0.2) is 12.1 Å². The molecule has 0 spiro atoms. The van der Waals surface area contributed by atoms with Gasteiger partial charge in [0.15, 0.2) is 0 Å². The standard InChI is InChI=1S/C12H17N5O/c1-8-4-9(2)15-12(14-8)13-6-10-5-11(7-18-3)17-16-10/h4-5H,6-7H2,1-3H3,(H,16,17)(H,13,14,15). The number of nitrogens with one attached hydrogen (secondary N) is 2. The van der Waals surface area contributed by atoms with Crippen molar-refractivity contribution in [1.29, 1.82) is 0 Å². The van der Waals surface area contributed by atoms with Gasteiger partial charge >= 0.3 is 0 Å². The van der Waals surface area contributed by atoms with Crippen molar-refractivity contribution in [1.82, 2.24) is 20.2 Å². The van der Waals surface area contributed by atoms with Gasteiger partial charge in [-0.3, -0.25) is 5.10 Å². The van der Waals surface area contributed by atoms with Crippen LogP contribution in [0.1, 0.15) is 22.8 Å². The monoisotopic (exact) mass is 247 g/mol. The summed E-state index contributed by atoms with van der Waals surface area (Å²) in [4.78, 5) is 8.62. The number of H-pyrrole nitrogens is 1. The van der Waals surface area contributed by atoms with Gasteiger partial charge in [-0.1, -0.05) is 0 Å². The minimum atomic E-state index is 0.510. The lowest BCUT2D eigenvalue weighted by molar-refractivity contribution is 0.181. The van der Waals surface area contributed by atoms with Crippen LogP contribution < -0.4 is 5.32 Å². The number of aryl methyl sites for hydroxylation is 2. The summed E-state index contributed by atoms with van der Waals surface area (Å²) in [5.41, 5.74) is 3.77. The van der Waals surface area contributed by atoms with Crippen LogP contribution in [-0.4, -0.2) is 27.3 Å². The van der Waals surface area contributed by atoms with E-state index in [1.165, 1.54) is 0 Å². The van der Waals surface area contributed by atoms with E-state index in [1.807, 2.05) is 26.0 Å². The zero-order chi connectivity index (χ0) is 13.0. The third-order valence-electron chi connectivity index (χ3n) is 2.40. The molecule has 2 aromatic heterocycles. The molecule has 0 bridgehead atoms. The van der Waals surface area contributed by atoms with Gasteiger partial charge in [-0.25, -0.2) is 9.97 Å². The Morgan fingerprint density at radius 2 is 1.94 bits per heavy atom. The fourth-order valence-electron chi connectivity index (χ4n) is 1.70. The zero-order valence-corrected chi connectivity index (χ0v) is 10.8. The summed E-state index contributed by atoms with van der Waals surface area (Å²) in [6.07, 6.45) is 0. The molecule has 0 saturated carbocycles. The summed E-state index contributed by atoms with van der Waals surface area (Å²) in [7, 11) is 1.65. The fraction of sp³-hybridized carbons (Fsp3) is 0.417. The second kappa shape index (κ2) is 5.59. The molecular weight excluding hydrogens is 230 g/mol. The lowest BCUT2D eigenvalue weighted by Gasteiger charge is -2.04. The van der Waals surface area contributed by atoms with E-state index < -0.39 is 0 Å². The maximum atomic E-state index is 5.01. The Labute approximate surface area is 106 Å². The first-order chi connectivity index (χ1) is 8.67. The Morgan fingerprint density at radius 3 is 2.61 bits per heavy atom. The van der Waals surface area contributed by atoms with Crippen LogP contribution in [-0.2, 0) is 17.9 Å². The quantitative estimate of drug-likeness (QED) is 0.838. The largest absolute Gasteiger partial charge is 0.378 e. The molecule has 0 aromatic carbocycles. The van der Waals surface area contributed by atoms with E-state index >= 15 is 0 Å². The summed E-state index contributed by atoms with van der Waals surface area (Å²) >= 11 is 0. The van der Waals surface area contributed by atoms with Crippen LogP contribution in [0.3, 0.4) is 0 Å². The summed E-state index contributed by atoms with van der Waals surface area (Å²) in [6.45, 7) is 5.02. The van der Waals surface area contributed by atoms with E-state index in [-0.39, 0.29) is 0 Å². The first kappa shape index (κ1) is 12.5. The van der Waals surface area contributed by atoms with Crippen molar-refractivity contribution in [3.63, 3.8) is 0 Å². The van der Waals surface area contributed by atoms with Crippen LogP contribution in [0, 0.1) is 13.8 Å². The molecular formula is C12H17N5O. The third-order valence-corrected chi connectivity index (χ3v) is 2.40. The Balaban J connectivity index is 1.97. The van der Waals surface area contributed by atoms with Crippen molar-refractivity contribution in [2.45, 2.75) is 27.0 Å². The second-order valence-corrected chi connectivity index (χ2v) is 4.15. The van der Waals surface area contributed by atoms with E-state index in [2.05, 4.69) is 25.5 Å². The molecule has 18 heavy (non-hydrogen) atoms. The van der Waals surface area contributed by atoms with Crippen molar-refractivity contribution >= 4 is 5.95 Å². The van der Waals surface area contributed by atoms with Gasteiger partial charge in [0.05, 0.1) is 24.5 Å². The number of rotatable bonds is 5. The SMILES string of the molecule is COCc1cc(CNc2nc(C)cc(C)n2)[nH]n1. The summed E-state index contributed by atoms with van der Waals surface area (Å²) in [5, 5.41) is 10.2. The van der Waals surface area contributed by atoms with Gasteiger partial charge < -0.3 is 10.1 Å². The number of ether oxygens (including phenoxy) is 1. The minimum absolute atomic E-state index is 0.510. The average Bonchev–Trinajstić information content (AvgIpc) is 2.74. The molecule has 6 nitrogen and oxygen atoms in total. The van der Waals surface area contributed by atoms with Gasteiger partial charge in [0.1, 0.15) is 0 Å². The fourth-order valence-corrected chi connectivity index (χ4v) is 1.70. The molecule has 2 aromatic rings. The molecule has 0 aliphatic carbocycles. The molecule has 0 saturated heterocycles. The van der Waals surface area contributed by atoms with E-state index in [1.54, 1.807) is 7.11 Å². The number of anilines is 1. The summed E-state index contributed by atoms with van der Waals surface area (Å²) in [5.74, 6) is 0.635. The molecule has 2 N–H and O–H groups in total. The molecule has 0 radical (unpaired) electrons. The predicted molar refractivity (Wildman–Crippen MR) is 68.1 cm³/mol. The van der Waals surface area contributed by atoms with Crippen LogP contribution in [0.25, 0.3) is 0 Å². The molecule has 96 valence electrons. The second-order valence-electron chi connectivity index (χ2n) is 4.15. The highest BCUT2D eigenvalue weighted by Crippen LogP contribution is 2.06. The van der Waals surface area contributed by atoms with E-state index in [0.717, 1.165) is 22.8 Å². The maximum Gasteiger partial charge on any atom is 0.223 e. The van der Waals surface area contributed by atoms with Gasteiger partial charge in [-0.2, -0.15) is 5.10 Å². The van der Waals surface area contributed by atoms with Crippen LogP contribution in [0.4, 0.5) is 5.95 Å². The van der Waals surface area contributed by atoms with Crippen LogP contribution >= 0.6 is 0 Å². The predicted octanol–water partition coefficient (Wildman–Crippen LogP) is 1.58. The number of methoxy groups -OCH3 is 1. The molecule has 0 aliphatic rings. The molecule has 0 amide bonds. The number of hydrogen-bond donors (Lipinski definition) is 2. The van der Waals surface area contributed by atoms with E-state index in [9.17, 15) is 0 Å². The molecule has 0 atom stereocenters. The number of nitrogens with zero attached hydrogens (tertiary/aromatic N) is 3. The lowest BCUT2D eigenvalue weighted by Crippen LogP contribution is -2.05. The van der Waals surface area contributed by atoms with Crippen molar-refractivity contribution in [2.24, 2.45) is 0 Å². The summed E-state index contributed by atoms with van der Waals surface area (Å²) < 4.78 is 5.01. The first-order valence-corrected chi connectivity index (χ1v) is 5.75. The molecule has 0 aliphatic heterocycles. The van der Waals surface area contributed by atoms with Gasteiger partial charge in [-0.05, 0) is 26.0 Å². The minimum Gasteiger partial charge on any atom is -0.378 e. The highest BCUT2D eigenvalue weighted by Gasteiger charge is 2.02. The van der Waals surface area contributed by atoms with Crippen LogP contribution in [0.5, 0.6) is 0 Å². The molecule has 0 fully saturated rings. The Bertz CT molecular complexity index is 503. The van der Waals surface area contributed by atoms with Gasteiger partial charge in [-0.15, -0.1) is 0 Å². The van der Waals surface area contributed by atoms with Crippen molar-refractivity contribution in [3.8, 4) is 0 Å². The molecule has 2 rings (SSSR count). The maximum absolute atomic E-state index is 5.01. The molecule has 0 unspecified atom stereocenters. The molecule has 2 heterocycles. The third kappa shape index (κ3) is 3.27. The van der Waals surface area contributed by atoms with E-state index in [4.69, 9.17) is 4.74 Å². The van der Waals surface area contributed by atoms with Gasteiger partial charge in [0, 0.05) is 18.5 Å². The average molecular weight is 247 g/mol. The van der Waals surface area contributed by atoms with Gasteiger partial charge in [0.2, 0.25) is 5.95 Å². The highest BCUT2D eigenvalue weighted by atomic mass is 16.5. The summed E-state index contributed by atoms with van der Waals surface area (Å²) in [6, 6.07) is 3.90. The lowest BCUT2D eigenvalue weighted by atomic mass is 10.3.